The highest BCUT2D eigenvalue weighted by molar-refractivity contribution is 9.10. The molecule has 1 spiro atoms. The summed E-state index contributed by atoms with van der Waals surface area (Å²) in [7, 11) is 0. The van der Waals surface area contributed by atoms with Crippen LogP contribution in [-0.2, 0) is 15.0 Å². The molecule has 1 unspecified atom stereocenters. The predicted molar refractivity (Wildman–Crippen MR) is 126 cm³/mol. The number of aryl methyl sites for hydroxylation is 2. The van der Waals surface area contributed by atoms with E-state index in [-0.39, 0.29) is 17.2 Å². The summed E-state index contributed by atoms with van der Waals surface area (Å²) in [6.45, 7) is 3.89. The van der Waals surface area contributed by atoms with E-state index in [2.05, 4.69) is 27.3 Å². The zero-order chi connectivity index (χ0) is 22.8. The Morgan fingerprint density at radius 2 is 1.84 bits per heavy atom. The molecule has 160 valence electrons. The second kappa shape index (κ2) is 7.07. The first kappa shape index (κ1) is 20.5. The lowest BCUT2D eigenvalue weighted by Crippen LogP contribution is -2.50. The van der Waals surface area contributed by atoms with Crippen molar-refractivity contribution in [2.45, 2.75) is 38.5 Å². The maximum absolute atomic E-state index is 13.6. The van der Waals surface area contributed by atoms with Gasteiger partial charge in [-0.15, -0.1) is 0 Å². The second-order valence-corrected chi connectivity index (χ2v) is 9.37. The Balaban J connectivity index is 1.91. The molecule has 1 aliphatic carbocycles. The number of fused-ring (bicyclic) bond motifs is 3. The normalized spacial score (nSPS) is 22.1. The number of halogens is 1. The van der Waals surface area contributed by atoms with E-state index < -0.39 is 11.3 Å². The number of benzene rings is 2. The number of anilines is 2. The SMILES string of the molecule is Cc1ccc(Br)c(N2C(N)=C(C#N)C3(C(=O)Nc4ccc(C)cc43)C3=C2CCCC3=O)c1. The van der Waals surface area contributed by atoms with E-state index in [1.165, 1.54) is 0 Å². The van der Waals surface area contributed by atoms with Crippen LogP contribution < -0.4 is 16.0 Å². The number of carbonyl (C=O) groups excluding carboxylic acids is 2. The van der Waals surface area contributed by atoms with Crippen molar-refractivity contribution >= 4 is 39.0 Å². The Morgan fingerprint density at radius 1 is 1.12 bits per heavy atom. The zero-order valence-electron chi connectivity index (χ0n) is 17.8. The number of allylic oxidation sites excluding steroid dienone is 1. The number of nitrogens with zero attached hydrogens (tertiary/aromatic N) is 2. The van der Waals surface area contributed by atoms with Gasteiger partial charge in [0.2, 0.25) is 5.91 Å². The number of nitrogens with one attached hydrogen (secondary N) is 1. The van der Waals surface area contributed by atoms with Crippen molar-refractivity contribution in [3.8, 4) is 6.07 Å². The highest BCUT2D eigenvalue weighted by atomic mass is 79.9. The molecule has 7 heteroatoms. The van der Waals surface area contributed by atoms with Crippen molar-refractivity contribution < 1.29 is 9.59 Å². The second-order valence-electron chi connectivity index (χ2n) is 8.51. The highest BCUT2D eigenvalue weighted by Gasteiger charge is 2.60. The molecule has 32 heavy (non-hydrogen) atoms. The number of hydrogen-bond acceptors (Lipinski definition) is 5. The smallest absolute Gasteiger partial charge is 0.245 e. The molecular weight excluding hydrogens is 468 g/mol. The van der Waals surface area contributed by atoms with Crippen molar-refractivity contribution in [2.75, 3.05) is 10.2 Å². The molecule has 1 amide bonds. The summed E-state index contributed by atoms with van der Waals surface area (Å²) in [6.07, 6.45) is 1.57. The van der Waals surface area contributed by atoms with E-state index in [9.17, 15) is 14.9 Å². The maximum Gasteiger partial charge on any atom is 0.245 e. The number of nitriles is 1. The van der Waals surface area contributed by atoms with Gasteiger partial charge >= 0.3 is 0 Å². The van der Waals surface area contributed by atoms with Crippen LogP contribution in [-0.4, -0.2) is 11.7 Å². The minimum Gasteiger partial charge on any atom is -0.384 e. The van der Waals surface area contributed by atoms with Gasteiger partial charge in [0.05, 0.1) is 11.3 Å². The number of nitrogens with two attached hydrogens (primary N) is 1. The number of hydrogen-bond donors (Lipinski definition) is 2. The van der Waals surface area contributed by atoms with E-state index in [4.69, 9.17) is 5.73 Å². The number of Topliss-reactive ketones (excluding diaryl/α,β-unsaturated/α-hetero) is 1. The van der Waals surface area contributed by atoms with Gasteiger partial charge in [-0.25, -0.2) is 0 Å². The third-order valence-electron chi connectivity index (χ3n) is 6.52. The van der Waals surface area contributed by atoms with Crippen LogP contribution in [0.1, 0.15) is 36.0 Å². The first-order valence-corrected chi connectivity index (χ1v) is 11.3. The minimum absolute atomic E-state index is 0.0850. The number of carbonyl (C=O) groups is 2. The fourth-order valence-electron chi connectivity index (χ4n) is 5.17. The Morgan fingerprint density at radius 3 is 2.59 bits per heavy atom. The first-order chi connectivity index (χ1) is 15.3. The minimum atomic E-state index is -1.53. The van der Waals surface area contributed by atoms with Crippen molar-refractivity contribution in [2.24, 2.45) is 5.73 Å². The zero-order valence-corrected chi connectivity index (χ0v) is 19.3. The van der Waals surface area contributed by atoms with Crippen LogP contribution in [0.2, 0.25) is 0 Å². The molecule has 2 aromatic carbocycles. The fraction of sp³-hybridized carbons (Fsp3) is 0.240. The van der Waals surface area contributed by atoms with Gasteiger partial charge in [-0.05, 0) is 66.4 Å². The predicted octanol–water partition coefficient (Wildman–Crippen LogP) is 4.48. The lowest BCUT2D eigenvalue weighted by molar-refractivity contribution is -0.122. The van der Waals surface area contributed by atoms with E-state index in [0.717, 1.165) is 21.3 Å². The summed E-state index contributed by atoms with van der Waals surface area (Å²) < 4.78 is 0.788. The maximum atomic E-state index is 13.6. The van der Waals surface area contributed by atoms with Crippen LogP contribution in [0.5, 0.6) is 0 Å². The molecule has 0 saturated carbocycles. The van der Waals surface area contributed by atoms with Crippen LogP contribution in [0.25, 0.3) is 0 Å². The van der Waals surface area contributed by atoms with Crippen molar-refractivity contribution in [3.05, 3.63) is 80.2 Å². The summed E-state index contributed by atoms with van der Waals surface area (Å²) in [5.74, 6) is -0.343. The van der Waals surface area contributed by atoms with Gasteiger partial charge in [-0.3, -0.25) is 14.5 Å². The summed E-state index contributed by atoms with van der Waals surface area (Å²) >= 11 is 3.60. The van der Waals surface area contributed by atoms with Gasteiger partial charge in [0.1, 0.15) is 17.3 Å². The van der Waals surface area contributed by atoms with Crippen LogP contribution in [0, 0.1) is 25.2 Å². The van der Waals surface area contributed by atoms with Crippen molar-refractivity contribution in [1.29, 1.82) is 5.26 Å². The quantitative estimate of drug-likeness (QED) is 0.616. The molecule has 5 rings (SSSR count). The topological polar surface area (TPSA) is 99.2 Å². The van der Waals surface area contributed by atoms with Gasteiger partial charge in [-0.2, -0.15) is 5.26 Å². The summed E-state index contributed by atoms with van der Waals surface area (Å²) in [5, 5.41) is 13.2. The molecule has 1 atom stereocenters. The summed E-state index contributed by atoms with van der Waals surface area (Å²) in [6, 6.07) is 13.7. The van der Waals surface area contributed by atoms with E-state index >= 15 is 0 Å². The highest BCUT2D eigenvalue weighted by Crippen LogP contribution is 2.55. The average molecular weight is 489 g/mol. The molecular formula is C25H21BrN4O2. The Labute approximate surface area is 194 Å². The van der Waals surface area contributed by atoms with E-state index in [1.54, 1.807) is 4.90 Å². The van der Waals surface area contributed by atoms with Crippen molar-refractivity contribution in [1.82, 2.24) is 0 Å². The molecule has 0 saturated heterocycles. The average Bonchev–Trinajstić information content (AvgIpc) is 3.03. The van der Waals surface area contributed by atoms with Gasteiger partial charge in [0.15, 0.2) is 5.78 Å². The fourth-order valence-corrected chi connectivity index (χ4v) is 5.60. The van der Waals surface area contributed by atoms with Crippen LogP contribution in [0.15, 0.2) is 63.5 Å². The van der Waals surface area contributed by atoms with Gasteiger partial charge in [-0.1, -0.05) is 23.8 Å². The van der Waals surface area contributed by atoms with Gasteiger partial charge in [0.25, 0.3) is 0 Å². The third kappa shape index (κ3) is 2.56. The molecule has 6 nitrogen and oxygen atoms in total. The molecule has 2 aromatic rings. The molecule has 2 aliphatic heterocycles. The standard InChI is InChI=1S/C25H21BrN4O2/c1-13-7-9-18-15(10-13)25(24(32)29-18)16(12-27)23(28)30(19-4-3-5-21(31)22(19)25)20-11-14(2)6-8-17(20)26/h6-11H,3-5,28H2,1-2H3,(H,29,32). The van der Waals surface area contributed by atoms with E-state index in [0.29, 0.717) is 41.8 Å². The van der Waals surface area contributed by atoms with Crippen molar-refractivity contribution in [3.63, 3.8) is 0 Å². The van der Waals surface area contributed by atoms with Crippen LogP contribution >= 0.6 is 15.9 Å². The Bertz CT molecular complexity index is 1330. The molecule has 3 aliphatic rings. The van der Waals surface area contributed by atoms with E-state index in [1.807, 2.05) is 50.2 Å². The number of amides is 1. The summed E-state index contributed by atoms with van der Waals surface area (Å²) in [5.41, 5.74) is 10.2. The van der Waals surface area contributed by atoms with Gasteiger partial charge in [0, 0.05) is 33.4 Å². The van der Waals surface area contributed by atoms with Crippen LogP contribution in [0.4, 0.5) is 11.4 Å². The molecule has 0 radical (unpaired) electrons. The van der Waals surface area contributed by atoms with Crippen LogP contribution in [0.3, 0.4) is 0 Å². The Kier molecular flexibility index (Phi) is 4.54. The number of rotatable bonds is 1. The first-order valence-electron chi connectivity index (χ1n) is 10.5. The molecule has 3 N–H and O–H groups in total. The van der Waals surface area contributed by atoms with Gasteiger partial charge < -0.3 is 11.1 Å². The monoisotopic (exact) mass is 488 g/mol. The largest absolute Gasteiger partial charge is 0.384 e. The molecule has 0 fully saturated rings. The number of ketones is 1. The third-order valence-corrected chi connectivity index (χ3v) is 7.19. The Hall–Kier alpha value is -3.37. The summed E-state index contributed by atoms with van der Waals surface area (Å²) in [4.78, 5) is 28.9. The molecule has 2 heterocycles. The lowest BCUT2D eigenvalue weighted by atomic mass is 9.63. The molecule has 0 aromatic heterocycles. The molecule has 0 bridgehead atoms. The lowest BCUT2D eigenvalue weighted by Gasteiger charge is -2.43.